The third kappa shape index (κ3) is 8.20. The number of nitrogens with one attached hydrogen (secondary N) is 1. The van der Waals surface area contributed by atoms with E-state index in [2.05, 4.69) is 33.4 Å². The zero-order valence-corrected chi connectivity index (χ0v) is 24.2. The molecular weight excluding hydrogens is 548 g/mol. The summed E-state index contributed by atoms with van der Waals surface area (Å²) < 4.78 is 28.0. The second kappa shape index (κ2) is 12.5. The normalized spacial score (nSPS) is 20.3. The van der Waals surface area contributed by atoms with E-state index in [4.69, 9.17) is 11.6 Å². The summed E-state index contributed by atoms with van der Waals surface area (Å²) in [6, 6.07) is 14.1. The summed E-state index contributed by atoms with van der Waals surface area (Å²) in [6.07, 6.45) is 7.04. The van der Waals surface area contributed by atoms with Crippen molar-refractivity contribution in [3.8, 4) is 5.75 Å². The van der Waals surface area contributed by atoms with Crippen molar-refractivity contribution >= 4 is 38.7 Å². The SMILES string of the molecule is CC1(C)CCC(Cc2ccc(Cl)cc2)C1(O)Cn1cncn1.CNC(=O)Sc1ccc(OS(C)(=O)=O)cc1. The number of nitrogens with zero attached hydrogens (tertiary/aromatic N) is 3. The molecule has 4 rings (SSSR count). The fraction of sp³-hybridized carbons (Fsp3) is 0.423. The van der Waals surface area contributed by atoms with Crippen molar-refractivity contribution < 1.29 is 22.5 Å². The van der Waals surface area contributed by atoms with Crippen LogP contribution in [0.25, 0.3) is 0 Å². The molecule has 1 amide bonds. The van der Waals surface area contributed by atoms with E-state index >= 15 is 0 Å². The number of thioether (sulfide) groups is 1. The first-order valence-corrected chi connectivity index (χ1v) is 15.0. The van der Waals surface area contributed by atoms with Crippen LogP contribution in [0.4, 0.5) is 4.79 Å². The second-order valence-corrected chi connectivity index (χ2v) is 12.9. The maximum atomic E-state index is 11.5. The van der Waals surface area contributed by atoms with Gasteiger partial charge in [-0.2, -0.15) is 13.5 Å². The zero-order valence-electron chi connectivity index (χ0n) is 21.8. The van der Waals surface area contributed by atoms with Crippen molar-refractivity contribution in [1.29, 1.82) is 0 Å². The molecule has 0 saturated heterocycles. The standard InChI is InChI=1S/C17H22ClN3O.C9H11NO4S2/c1-16(2)8-7-14(9-13-3-5-15(18)6-4-13)17(16,22)10-21-12-19-11-20-21;1-10-9(11)15-8-5-3-7(4-6-8)14-16(2,12)13/h3-6,11-12,14,22H,7-10H2,1-2H3;3-6H,1-2H3,(H,10,11). The van der Waals surface area contributed by atoms with Gasteiger partial charge in [-0.1, -0.05) is 37.6 Å². The molecule has 0 aliphatic heterocycles. The Labute approximate surface area is 233 Å². The lowest BCUT2D eigenvalue weighted by Crippen LogP contribution is -2.49. The lowest BCUT2D eigenvalue weighted by Gasteiger charge is -2.40. The van der Waals surface area contributed by atoms with Crippen LogP contribution in [0.2, 0.25) is 5.02 Å². The summed E-state index contributed by atoms with van der Waals surface area (Å²) in [5.41, 5.74) is 0.278. The Morgan fingerprint density at radius 3 is 2.42 bits per heavy atom. The summed E-state index contributed by atoms with van der Waals surface area (Å²) in [5.74, 6) is 0.427. The largest absolute Gasteiger partial charge is 0.387 e. The summed E-state index contributed by atoms with van der Waals surface area (Å²) in [4.78, 5) is 15.7. The van der Waals surface area contributed by atoms with Crippen LogP contribution in [0.5, 0.6) is 5.75 Å². The van der Waals surface area contributed by atoms with Crippen LogP contribution in [0.3, 0.4) is 0 Å². The molecule has 0 spiro atoms. The summed E-state index contributed by atoms with van der Waals surface area (Å²) in [5, 5.41) is 18.6. The highest BCUT2D eigenvalue weighted by atomic mass is 35.5. The van der Waals surface area contributed by atoms with Gasteiger partial charge < -0.3 is 14.6 Å². The minimum atomic E-state index is -3.50. The number of hydrogen-bond acceptors (Lipinski definition) is 8. The number of rotatable bonds is 7. The van der Waals surface area contributed by atoms with Gasteiger partial charge in [0.25, 0.3) is 5.24 Å². The third-order valence-electron chi connectivity index (χ3n) is 6.72. The highest BCUT2D eigenvalue weighted by Crippen LogP contribution is 2.51. The number of amides is 1. The molecule has 1 fully saturated rings. The zero-order chi connectivity index (χ0) is 28.0. The monoisotopic (exact) mass is 580 g/mol. The number of halogens is 1. The topological polar surface area (TPSA) is 123 Å². The molecule has 2 atom stereocenters. The fourth-order valence-electron chi connectivity index (χ4n) is 4.52. The van der Waals surface area contributed by atoms with E-state index in [1.807, 2.05) is 24.3 Å². The quantitative estimate of drug-likeness (QED) is 0.302. The summed E-state index contributed by atoms with van der Waals surface area (Å²) in [6.45, 7) is 4.77. The van der Waals surface area contributed by atoms with Gasteiger partial charge in [0.15, 0.2) is 0 Å². The average Bonchev–Trinajstić information content (AvgIpc) is 3.43. The van der Waals surface area contributed by atoms with Crippen LogP contribution >= 0.6 is 23.4 Å². The molecule has 9 nitrogen and oxygen atoms in total. The van der Waals surface area contributed by atoms with Crippen molar-refractivity contribution in [3.63, 3.8) is 0 Å². The van der Waals surface area contributed by atoms with Crippen molar-refractivity contribution in [2.75, 3.05) is 13.3 Å². The lowest BCUT2D eigenvalue weighted by molar-refractivity contribution is -0.0907. The first kappa shape index (κ1) is 29.9. The van der Waals surface area contributed by atoms with Gasteiger partial charge >= 0.3 is 10.1 Å². The second-order valence-electron chi connectivity index (χ2n) is 9.87. The van der Waals surface area contributed by atoms with Gasteiger partial charge in [-0.15, -0.1) is 0 Å². The number of hydrogen-bond donors (Lipinski definition) is 2. The molecular formula is C26H33ClN4O5S2. The van der Waals surface area contributed by atoms with Crippen molar-refractivity contribution in [2.45, 2.75) is 50.2 Å². The summed E-state index contributed by atoms with van der Waals surface area (Å²) in [7, 11) is -1.97. The van der Waals surface area contributed by atoms with Gasteiger partial charge in [-0.3, -0.25) is 9.48 Å². The Hall–Kier alpha value is -2.60. The maximum absolute atomic E-state index is 11.5. The van der Waals surface area contributed by atoms with Crippen LogP contribution in [-0.2, 0) is 23.1 Å². The number of benzene rings is 2. The maximum Gasteiger partial charge on any atom is 0.306 e. The Balaban J connectivity index is 0.000000223. The van der Waals surface area contributed by atoms with Gasteiger partial charge in [0, 0.05) is 17.0 Å². The smallest absolute Gasteiger partial charge is 0.306 e. The molecule has 2 unspecified atom stereocenters. The van der Waals surface area contributed by atoms with E-state index in [0.717, 1.165) is 42.3 Å². The first-order valence-electron chi connectivity index (χ1n) is 12.0. The van der Waals surface area contributed by atoms with E-state index in [9.17, 15) is 18.3 Å². The molecule has 1 aliphatic rings. The fourth-order valence-corrected chi connectivity index (χ4v) is 5.69. The average molecular weight is 581 g/mol. The summed E-state index contributed by atoms with van der Waals surface area (Å²) >= 11 is 6.97. The Morgan fingerprint density at radius 1 is 1.21 bits per heavy atom. The molecule has 2 aromatic carbocycles. The highest BCUT2D eigenvalue weighted by Gasteiger charge is 2.54. The molecule has 206 valence electrons. The number of carbonyl (C=O) groups is 1. The molecule has 0 bridgehead atoms. The molecule has 3 aromatic rings. The first-order chi connectivity index (χ1) is 17.8. The molecule has 1 aromatic heterocycles. The number of aliphatic hydroxyl groups is 1. The van der Waals surface area contributed by atoms with Gasteiger partial charge in [-0.05, 0) is 84.3 Å². The molecule has 1 heterocycles. The highest BCUT2D eigenvalue weighted by molar-refractivity contribution is 8.13. The van der Waals surface area contributed by atoms with Crippen LogP contribution in [0, 0.1) is 11.3 Å². The molecule has 38 heavy (non-hydrogen) atoms. The lowest BCUT2D eigenvalue weighted by atomic mass is 9.72. The van der Waals surface area contributed by atoms with Crippen LogP contribution in [0.1, 0.15) is 32.3 Å². The van der Waals surface area contributed by atoms with E-state index in [0.29, 0.717) is 11.4 Å². The third-order valence-corrected chi connectivity index (χ3v) is 8.36. The Kier molecular flexibility index (Phi) is 9.85. The predicted octanol–water partition coefficient (Wildman–Crippen LogP) is 4.80. The molecule has 0 radical (unpaired) electrons. The van der Waals surface area contributed by atoms with Gasteiger partial charge in [0.05, 0.1) is 18.4 Å². The van der Waals surface area contributed by atoms with Gasteiger partial charge in [0.1, 0.15) is 18.4 Å². The predicted molar refractivity (Wildman–Crippen MR) is 149 cm³/mol. The van der Waals surface area contributed by atoms with Crippen LogP contribution in [0.15, 0.2) is 66.1 Å². The molecule has 2 N–H and O–H groups in total. The molecule has 1 saturated carbocycles. The van der Waals surface area contributed by atoms with Crippen molar-refractivity contribution in [3.05, 3.63) is 71.8 Å². The van der Waals surface area contributed by atoms with Gasteiger partial charge in [-0.25, -0.2) is 4.98 Å². The minimum absolute atomic E-state index is 0.143. The molecule has 12 heteroatoms. The van der Waals surface area contributed by atoms with Gasteiger partial charge in [0.2, 0.25) is 0 Å². The minimum Gasteiger partial charge on any atom is -0.387 e. The van der Waals surface area contributed by atoms with Crippen molar-refractivity contribution in [2.24, 2.45) is 11.3 Å². The van der Waals surface area contributed by atoms with Crippen LogP contribution < -0.4 is 9.50 Å². The van der Waals surface area contributed by atoms with E-state index < -0.39 is 15.7 Å². The van der Waals surface area contributed by atoms with E-state index in [1.165, 1.54) is 31.1 Å². The Bertz CT molecular complexity index is 1300. The van der Waals surface area contributed by atoms with Crippen molar-refractivity contribution in [1.82, 2.24) is 20.1 Å². The number of aromatic nitrogens is 3. The Morgan fingerprint density at radius 2 is 1.87 bits per heavy atom. The molecule has 1 aliphatic carbocycles. The number of carbonyl (C=O) groups excluding carboxylic acids is 1. The van der Waals surface area contributed by atoms with E-state index in [1.54, 1.807) is 23.1 Å². The van der Waals surface area contributed by atoms with E-state index in [-0.39, 0.29) is 22.3 Å². The van der Waals surface area contributed by atoms with Crippen LogP contribution in [-0.4, -0.2) is 52.4 Å².